The van der Waals surface area contributed by atoms with Crippen molar-refractivity contribution in [2.75, 3.05) is 11.5 Å². The fourth-order valence-electron chi connectivity index (χ4n) is 3.94. The van der Waals surface area contributed by atoms with Crippen LogP contribution in [-0.4, -0.2) is 37.4 Å². The lowest BCUT2D eigenvalue weighted by Crippen LogP contribution is -2.34. The van der Waals surface area contributed by atoms with Crippen LogP contribution in [0.2, 0.25) is 0 Å². The molecule has 0 aliphatic rings. The highest BCUT2D eigenvalue weighted by atomic mass is 32.2. The van der Waals surface area contributed by atoms with Crippen LogP contribution in [0.3, 0.4) is 0 Å². The van der Waals surface area contributed by atoms with Gasteiger partial charge in [-0.1, -0.05) is 0 Å². The molecule has 2 aromatic heterocycles. The van der Waals surface area contributed by atoms with E-state index in [0.29, 0.717) is 25.9 Å². The van der Waals surface area contributed by atoms with E-state index in [0.717, 1.165) is 32.3 Å². The summed E-state index contributed by atoms with van der Waals surface area (Å²) in [4.78, 5) is 0. The first kappa shape index (κ1) is 20.9. The first-order valence-corrected chi connectivity index (χ1v) is 12.7. The zero-order valence-electron chi connectivity index (χ0n) is 16.1. The molecule has 0 bridgehead atoms. The SMILES string of the molecule is O=S(=O)(O)CCC[n+]1cc2ccc3c[n+](CCCS(=O)(=O)O)cc4ccc(c1)c2c34. The number of aryl methyl sites for hydroxylation is 2. The van der Waals surface area contributed by atoms with Crippen molar-refractivity contribution in [2.24, 2.45) is 0 Å². The van der Waals surface area contributed by atoms with Gasteiger partial charge in [-0.2, -0.15) is 16.8 Å². The predicted molar refractivity (Wildman–Crippen MR) is 113 cm³/mol. The number of benzene rings is 2. The maximum absolute atomic E-state index is 10.9. The van der Waals surface area contributed by atoms with E-state index in [1.807, 2.05) is 58.2 Å². The molecule has 0 atom stereocenters. The fraction of sp³-hybridized carbons (Fsp3) is 0.300. The van der Waals surface area contributed by atoms with Crippen LogP contribution >= 0.6 is 0 Å². The summed E-state index contributed by atoms with van der Waals surface area (Å²) in [5, 5.41) is 6.34. The summed E-state index contributed by atoms with van der Waals surface area (Å²) >= 11 is 0. The summed E-state index contributed by atoms with van der Waals surface area (Å²) in [5.41, 5.74) is 0. The van der Waals surface area contributed by atoms with Gasteiger partial charge < -0.3 is 0 Å². The molecular formula is C20H22N2O6S2+2. The maximum atomic E-state index is 10.9. The van der Waals surface area contributed by atoms with Crippen LogP contribution < -0.4 is 9.13 Å². The Morgan fingerprint density at radius 2 is 0.900 bits per heavy atom. The van der Waals surface area contributed by atoms with Gasteiger partial charge in [-0.15, -0.1) is 0 Å². The van der Waals surface area contributed by atoms with Crippen molar-refractivity contribution in [2.45, 2.75) is 25.9 Å². The van der Waals surface area contributed by atoms with E-state index in [9.17, 15) is 16.8 Å². The molecule has 4 aromatic rings. The molecule has 2 aromatic carbocycles. The van der Waals surface area contributed by atoms with Crippen molar-refractivity contribution < 1.29 is 35.1 Å². The van der Waals surface area contributed by atoms with Gasteiger partial charge in [-0.05, 0) is 24.3 Å². The summed E-state index contributed by atoms with van der Waals surface area (Å²) in [5.74, 6) is -0.550. The number of aromatic nitrogens is 2. The molecular weight excluding hydrogens is 428 g/mol. The second-order valence-electron chi connectivity index (χ2n) is 7.51. The van der Waals surface area contributed by atoms with Gasteiger partial charge >= 0.3 is 0 Å². The van der Waals surface area contributed by atoms with Crippen molar-refractivity contribution in [3.8, 4) is 0 Å². The molecule has 0 radical (unpaired) electrons. The molecule has 30 heavy (non-hydrogen) atoms. The predicted octanol–water partition coefficient (Wildman–Crippen LogP) is 1.71. The lowest BCUT2D eigenvalue weighted by Gasteiger charge is -2.09. The minimum atomic E-state index is -3.97. The Balaban J connectivity index is 1.69. The molecule has 0 amide bonds. The number of nitrogens with zero attached hydrogens (tertiary/aromatic N) is 2. The minimum absolute atomic E-state index is 0.275. The minimum Gasteiger partial charge on any atom is -0.286 e. The third-order valence-electron chi connectivity index (χ3n) is 5.15. The molecule has 4 rings (SSSR count). The summed E-state index contributed by atoms with van der Waals surface area (Å²) in [6.07, 6.45) is 8.52. The molecule has 8 nitrogen and oxygen atoms in total. The number of hydrogen-bond donors (Lipinski definition) is 2. The Morgan fingerprint density at radius 3 is 1.17 bits per heavy atom. The molecule has 0 aliphatic heterocycles. The largest absolute Gasteiger partial charge is 0.286 e. The lowest BCUT2D eigenvalue weighted by atomic mass is 9.97. The van der Waals surface area contributed by atoms with Crippen molar-refractivity contribution in [3.05, 3.63) is 49.1 Å². The van der Waals surface area contributed by atoms with Crippen molar-refractivity contribution in [3.63, 3.8) is 0 Å². The number of rotatable bonds is 8. The average Bonchev–Trinajstić information content (AvgIpc) is 2.63. The highest BCUT2D eigenvalue weighted by Gasteiger charge is 2.17. The second-order valence-corrected chi connectivity index (χ2v) is 10.7. The summed E-state index contributed by atoms with van der Waals surface area (Å²) in [6.45, 7) is 0.952. The summed E-state index contributed by atoms with van der Waals surface area (Å²) < 4.78 is 65.5. The Morgan fingerprint density at radius 1 is 0.600 bits per heavy atom. The Hall–Kier alpha value is -2.40. The molecule has 158 valence electrons. The molecule has 0 aliphatic carbocycles. The zero-order chi connectivity index (χ0) is 21.5. The molecule has 0 saturated carbocycles. The van der Waals surface area contributed by atoms with Crippen molar-refractivity contribution >= 4 is 52.6 Å². The quantitative estimate of drug-likeness (QED) is 0.240. The Bertz CT molecular complexity index is 1270. The van der Waals surface area contributed by atoms with Gasteiger partial charge in [0.05, 0.1) is 11.5 Å². The molecule has 2 heterocycles. The van der Waals surface area contributed by atoms with Gasteiger partial charge in [0.15, 0.2) is 24.8 Å². The highest BCUT2D eigenvalue weighted by Crippen LogP contribution is 2.32. The van der Waals surface area contributed by atoms with Crippen LogP contribution in [0.4, 0.5) is 0 Å². The molecule has 0 fully saturated rings. The van der Waals surface area contributed by atoms with Crippen LogP contribution in [0.15, 0.2) is 49.1 Å². The molecule has 0 saturated heterocycles. The van der Waals surface area contributed by atoms with E-state index in [1.54, 1.807) is 0 Å². The lowest BCUT2D eigenvalue weighted by molar-refractivity contribution is -0.694. The van der Waals surface area contributed by atoms with E-state index < -0.39 is 20.2 Å². The van der Waals surface area contributed by atoms with Gasteiger partial charge in [0.1, 0.15) is 13.1 Å². The van der Waals surface area contributed by atoms with Crippen LogP contribution in [0.25, 0.3) is 32.3 Å². The van der Waals surface area contributed by atoms with Gasteiger partial charge in [0.2, 0.25) is 0 Å². The van der Waals surface area contributed by atoms with E-state index in [4.69, 9.17) is 9.11 Å². The topological polar surface area (TPSA) is 117 Å². The van der Waals surface area contributed by atoms with Gasteiger partial charge in [0.25, 0.3) is 20.2 Å². The molecule has 2 N–H and O–H groups in total. The second kappa shape index (κ2) is 7.69. The molecule has 0 spiro atoms. The Labute approximate surface area is 174 Å². The zero-order valence-corrected chi connectivity index (χ0v) is 17.7. The van der Waals surface area contributed by atoms with Crippen LogP contribution in [-0.2, 0) is 33.3 Å². The Kier molecular flexibility index (Phi) is 5.35. The first-order chi connectivity index (χ1) is 14.1. The third-order valence-corrected chi connectivity index (χ3v) is 6.76. The van der Waals surface area contributed by atoms with E-state index in [-0.39, 0.29) is 11.5 Å². The van der Waals surface area contributed by atoms with Crippen molar-refractivity contribution in [1.82, 2.24) is 0 Å². The first-order valence-electron chi connectivity index (χ1n) is 9.50. The number of hydrogen-bond acceptors (Lipinski definition) is 4. The highest BCUT2D eigenvalue weighted by molar-refractivity contribution is 7.86. The molecule has 0 unspecified atom stereocenters. The fourth-order valence-corrected chi connectivity index (χ4v) is 4.93. The average molecular weight is 451 g/mol. The maximum Gasteiger partial charge on any atom is 0.265 e. The van der Waals surface area contributed by atoms with Crippen LogP contribution in [0.5, 0.6) is 0 Å². The normalized spacial score (nSPS) is 13.0. The van der Waals surface area contributed by atoms with Gasteiger partial charge in [-0.3, -0.25) is 9.11 Å². The van der Waals surface area contributed by atoms with Crippen molar-refractivity contribution in [1.29, 1.82) is 0 Å². The van der Waals surface area contributed by atoms with E-state index >= 15 is 0 Å². The summed E-state index contributed by atoms with van der Waals surface area (Å²) in [7, 11) is -7.94. The van der Waals surface area contributed by atoms with Crippen LogP contribution in [0.1, 0.15) is 12.8 Å². The van der Waals surface area contributed by atoms with Gasteiger partial charge in [0, 0.05) is 45.2 Å². The monoisotopic (exact) mass is 450 g/mol. The van der Waals surface area contributed by atoms with Gasteiger partial charge in [-0.25, -0.2) is 9.13 Å². The third kappa shape index (κ3) is 4.67. The summed E-state index contributed by atoms with van der Waals surface area (Å²) in [6, 6.07) is 8.02. The van der Waals surface area contributed by atoms with E-state index in [2.05, 4.69) is 0 Å². The van der Waals surface area contributed by atoms with Crippen LogP contribution in [0, 0.1) is 0 Å². The van der Waals surface area contributed by atoms with E-state index in [1.165, 1.54) is 0 Å². The molecule has 10 heteroatoms. The number of pyridine rings is 2. The standard InChI is InChI=1S/C20H20N2O6S2/c23-29(24,25)9-1-7-21-11-15-3-5-17-13-22(8-2-10-30(26,27)28)14-18-6-4-16(12-21)19(15)20(17)18/h3-6,11-14H,1-2,7-10H2/p+2. The smallest absolute Gasteiger partial charge is 0.265 e.